The van der Waals surface area contributed by atoms with Gasteiger partial charge in [-0.2, -0.15) is 0 Å². The summed E-state index contributed by atoms with van der Waals surface area (Å²) in [5.74, 6) is -1.42. The smallest absolute Gasteiger partial charge is 0.334 e. The lowest BCUT2D eigenvalue weighted by atomic mass is 10.2. The second kappa shape index (κ2) is 6.80. The number of fused-ring (bicyclic) bond motifs is 1. The Morgan fingerprint density at radius 2 is 1.76 bits per heavy atom. The second-order valence-corrected chi connectivity index (χ2v) is 5.48. The number of nitrogens with one attached hydrogen (secondary N) is 1. The number of hydrogen-bond acceptors (Lipinski definition) is 6. The van der Waals surface area contributed by atoms with Crippen molar-refractivity contribution in [1.29, 1.82) is 0 Å². The van der Waals surface area contributed by atoms with Gasteiger partial charge in [0, 0.05) is 24.7 Å². The van der Waals surface area contributed by atoms with Crippen LogP contribution in [0.15, 0.2) is 18.2 Å². The highest BCUT2D eigenvalue weighted by Crippen LogP contribution is 2.32. The van der Waals surface area contributed by atoms with Crippen LogP contribution in [0.2, 0.25) is 0 Å². The molecule has 9 heteroatoms. The van der Waals surface area contributed by atoms with Gasteiger partial charge in [-0.1, -0.05) is 0 Å². The molecule has 5 amide bonds. The number of urea groups is 1. The first-order valence-electron chi connectivity index (χ1n) is 7.88. The second-order valence-electron chi connectivity index (χ2n) is 5.48. The van der Waals surface area contributed by atoms with Crippen LogP contribution in [0, 0.1) is 0 Å². The van der Waals surface area contributed by atoms with E-state index in [1.807, 2.05) is 0 Å². The van der Waals surface area contributed by atoms with Crippen molar-refractivity contribution < 1.29 is 28.7 Å². The first-order chi connectivity index (χ1) is 12.0. The molecule has 0 atom stereocenters. The van der Waals surface area contributed by atoms with E-state index in [9.17, 15) is 19.2 Å². The fourth-order valence-corrected chi connectivity index (χ4v) is 2.55. The predicted octanol–water partition coefficient (Wildman–Crippen LogP) is 0.597. The van der Waals surface area contributed by atoms with Crippen molar-refractivity contribution in [3.63, 3.8) is 0 Å². The van der Waals surface area contributed by atoms with Gasteiger partial charge in [-0.25, -0.2) is 9.69 Å². The van der Waals surface area contributed by atoms with Gasteiger partial charge in [0.05, 0.1) is 13.2 Å². The molecule has 0 radical (unpaired) electrons. The van der Waals surface area contributed by atoms with Crippen molar-refractivity contribution in [3.05, 3.63) is 18.2 Å². The molecule has 2 aliphatic heterocycles. The topological polar surface area (TPSA) is 105 Å². The van der Waals surface area contributed by atoms with Gasteiger partial charge in [-0.15, -0.1) is 0 Å². The number of benzene rings is 1. The first kappa shape index (κ1) is 16.7. The third-order valence-corrected chi connectivity index (χ3v) is 3.78. The standard InChI is InChI=1S/C16H17N3O6/c1-2-18-14(21)15(22)19(16(18)23)9-13(20)17-10-4-5-11-12(8-10)25-7-3-6-24-11/h4-5,8H,2-3,6-7,9H2,1H3,(H,17,20). The molecule has 9 nitrogen and oxygen atoms in total. The van der Waals surface area contributed by atoms with Crippen LogP contribution < -0.4 is 14.8 Å². The van der Waals surface area contributed by atoms with E-state index < -0.39 is 30.3 Å². The van der Waals surface area contributed by atoms with E-state index >= 15 is 0 Å². The SMILES string of the molecule is CCN1C(=O)C(=O)N(CC(=O)Nc2ccc3c(c2)OCCCO3)C1=O. The maximum absolute atomic E-state index is 12.1. The quantitative estimate of drug-likeness (QED) is 0.631. The first-order valence-corrected chi connectivity index (χ1v) is 7.88. The highest BCUT2D eigenvalue weighted by Gasteiger charge is 2.44. The summed E-state index contributed by atoms with van der Waals surface area (Å²) >= 11 is 0. The number of rotatable bonds is 4. The zero-order valence-electron chi connectivity index (χ0n) is 13.6. The van der Waals surface area contributed by atoms with Crippen LogP contribution in [0.4, 0.5) is 10.5 Å². The van der Waals surface area contributed by atoms with Gasteiger partial charge in [-0.05, 0) is 19.1 Å². The average molecular weight is 347 g/mol. The Hall–Kier alpha value is -3.10. The van der Waals surface area contributed by atoms with Crippen molar-refractivity contribution in [2.45, 2.75) is 13.3 Å². The van der Waals surface area contributed by atoms with Crippen molar-refractivity contribution in [2.75, 3.05) is 31.6 Å². The molecular formula is C16H17N3O6. The molecule has 1 fully saturated rings. The van der Waals surface area contributed by atoms with E-state index in [1.165, 1.54) is 0 Å². The molecule has 1 saturated heterocycles. The molecule has 1 N–H and O–H groups in total. The lowest BCUT2D eigenvalue weighted by Gasteiger charge is -2.14. The Balaban J connectivity index is 1.67. The van der Waals surface area contributed by atoms with Crippen molar-refractivity contribution in [3.8, 4) is 11.5 Å². The zero-order valence-corrected chi connectivity index (χ0v) is 13.6. The zero-order chi connectivity index (χ0) is 18.0. The third kappa shape index (κ3) is 3.25. The van der Waals surface area contributed by atoms with Crippen LogP contribution >= 0.6 is 0 Å². The van der Waals surface area contributed by atoms with Gasteiger partial charge in [0.2, 0.25) is 5.91 Å². The minimum Gasteiger partial charge on any atom is -0.490 e. The Morgan fingerprint density at radius 1 is 1.08 bits per heavy atom. The fraction of sp³-hybridized carbons (Fsp3) is 0.375. The Morgan fingerprint density at radius 3 is 2.44 bits per heavy atom. The molecule has 0 bridgehead atoms. The van der Waals surface area contributed by atoms with Gasteiger partial charge in [0.25, 0.3) is 0 Å². The fourth-order valence-electron chi connectivity index (χ4n) is 2.55. The summed E-state index contributed by atoms with van der Waals surface area (Å²) in [5, 5.41) is 2.58. The summed E-state index contributed by atoms with van der Waals surface area (Å²) in [7, 11) is 0. The van der Waals surface area contributed by atoms with Crippen LogP contribution in [0.1, 0.15) is 13.3 Å². The van der Waals surface area contributed by atoms with Crippen LogP contribution in [-0.4, -0.2) is 59.9 Å². The molecule has 0 unspecified atom stereocenters. The van der Waals surface area contributed by atoms with Gasteiger partial charge in [-0.3, -0.25) is 19.3 Å². The summed E-state index contributed by atoms with van der Waals surface area (Å²) < 4.78 is 11.0. The molecular weight excluding hydrogens is 330 g/mol. The third-order valence-electron chi connectivity index (χ3n) is 3.78. The molecule has 3 rings (SSSR count). The molecule has 2 aliphatic rings. The molecule has 1 aromatic rings. The number of carbonyl (C=O) groups is 4. The number of likely N-dealkylation sites (N-methyl/N-ethyl adjacent to an activating group) is 1. The van der Waals surface area contributed by atoms with Gasteiger partial charge in [0.1, 0.15) is 6.54 Å². The summed E-state index contributed by atoms with van der Waals surface area (Å²) in [6.45, 7) is 2.18. The van der Waals surface area contributed by atoms with E-state index in [0.717, 1.165) is 11.3 Å². The largest absolute Gasteiger partial charge is 0.490 e. The molecule has 2 heterocycles. The number of carbonyl (C=O) groups excluding carboxylic acids is 4. The summed E-state index contributed by atoms with van der Waals surface area (Å²) in [6.07, 6.45) is 0.761. The highest BCUT2D eigenvalue weighted by atomic mass is 16.5. The van der Waals surface area contributed by atoms with Crippen molar-refractivity contribution in [2.24, 2.45) is 0 Å². The molecule has 0 saturated carbocycles. The lowest BCUT2D eigenvalue weighted by Crippen LogP contribution is -2.38. The molecule has 0 aromatic heterocycles. The lowest BCUT2D eigenvalue weighted by molar-refractivity contribution is -0.143. The Labute approximate surface area is 143 Å². The maximum Gasteiger partial charge on any atom is 0.334 e. The summed E-state index contributed by atoms with van der Waals surface area (Å²) in [6, 6.07) is 4.12. The Bertz CT molecular complexity index is 747. The van der Waals surface area contributed by atoms with Crippen LogP contribution in [-0.2, 0) is 14.4 Å². The number of anilines is 1. The monoisotopic (exact) mass is 347 g/mol. The number of amides is 5. The number of nitrogens with zero attached hydrogens (tertiary/aromatic N) is 2. The van der Waals surface area contributed by atoms with E-state index in [1.54, 1.807) is 25.1 Å². The van der Waals surface area contributed by atoms with Gasteiger partial charge in [0.15, 0.2) is 11.5 Å². The minimum atomic E-state index is -0.999. The molecule has 25 heavy (non-hydrogen) atoms. The molecule has 1 aromatic carbocycles. The van der Waals surface area contributed by atoms with Crippen molar-refractivity contribution in [1.82, 2.24) is 9.80 Å². The number of hydrogen-bond donors (Lipinski definition) is 1. The number of imide groups is 2. The molecule has 0 aliphatic carbocycles. The normalized spacial score (nSPS) is 16.9. The number of ether oxygens (including phenoxy) is 2. The summed E-state index contributed by atoms with van der Waals surface area (Å²) in [4.78, 5) is 49.0. The van der Waals surface area contributed by atoms with Crippen LogP contribution in [0.3, 0.4) is 0 Å². The van der Waals surface area contributed by atoms with Gasteiger partial charge >= 0.3 is 17.8 Å². The van der Waals surface area contributed by atoms with Crippen LogP contribution in [0.5, 0.6) is 11.5 Å². The molecule has 132 valence electrons. The highest BCUT2D eigenvalue weighted by molar-refractivity contribution is 6.45. The van der Waals surface area contributed by atoms with E-state index in [0.29, 0.717) is 35.3 Å². The minimum absolute atomic E-state index is 0.0731. The van der Waals surface area contributed by atoms with Crippen molar-refractivity contribution >= 4 is 29.4 Å². The van der Waals surface area contributed by atoms with Gasteiger partial charge < -0.3 is 14.8 Å². The average Bonchev–Trinajstić information content (AvgIpc) is 2.77. The predicted molar refractivity (Wildman–Crippen MR) is 85.2 cm³/mol. The van der Waals surface area contributed by atoms with Crippen LogP contribution in [0.25, 0.3) is 0 Å². The Kier molecular flexibility index (Phi) is 4.55. The maximum atomic E-state index is 12.1. The van der Waals surface area contributed by atoms with E-state index in [4.69, 9.17) is 9.47 Å². The molecule has 0 spiro atoms. The summed E-state index contributed by atoms with van der Waals surface area (Å²) in [5.41, 5.74) is 0.437. The van der Waals surface area contributed by atoms with E-state index in [2.05, 4.69) is 5.32 Å². The van der Waals surface area contributed by atoms with E-state index in [-0.39, 0.29) is 6.54 Å².